The van der Waals surface area contributed by atoms with E-state index in [1.807, 2.05) is 0 Å². The van der Waals surface area contributed by atoms with Gasteiger partial charge < -0.3 is 5.21 Å². The predicted octanol–water partition coefficient (Wildman–Crippen LogP) is -2.93. The Kier molecular flexibility index (Phi) is 6.15. The number of hydrazine groups is 6. The highest BCUT2D eigenvalue weighted by Crippen LogP contribution is 1.56. The summed E-state index contributed by atoms with van der Waals surface area (Å²) < 4.78 is 0. The van der Waals surface area contributed by atoms with Crippen LogP contribution in [0, 0.1) is 0 Å². The third kappa shape index (κ3) is 6.05. The van der Waals surface area contributed by atoms with Crippen molar-refractivity contribution < 1.29 is 10.4 Å². The highest BCUT2D eigenvalue weighted by molar-refractivity contribution is 4.14. The Balaban J connectivity index is 3.13. The topological polar surface area (TPSA) is 107 Å². The first kappa shape index (κ1) is 10.6. The number of hydrogen-bond acceptors (Lipinski definition) is 9. The van der Waals surface area contributed by atoms with Gasteiger partial charge in [-0.1, -0.05) is 0 Å². The molecule has 7 N–H and O–H groups in total. The first-order valence-corrected chi connectivity index (χ1v) is 2.77. The SMILES string of the molecule is CNN(O)NNNN(C)NO. The second-order valence-electron chi connectivity index (χ2n) is 1.54. The molecule has 0 aromatic carbocycles. The van der Waals surface area contributed by atoms with Gasteiger partial charge in [0.1, 0.15) is 0 Å². The Bertz CT molecular complexity index is 80.5. The lowest BCUT2D eigenvalue weighted by molar-refractivity contribution is -0.198. The molecule has 0 aliphatic rings. The van der Waals surface area contributed by atoms with Crippen LogP contribution in [0.3, 0.4) is 0 Å². The summed E-state index contributed by atoms with van der Waals surface area (Å²) in [5, 5.41) is 18.5. The minimum atomic E-state index is 0.568. The van der Waals surface area contributed by atoms with Crippen molar-refractivity contribution in [1.82, 2.24) is 38.0 Å². The van der Waals surface area contributed by atoms with Gasteiger partial charge in [0.25, 0.3) is 0 Å². The van der Waals surface area contributed by atoms with Crippen LogP contribution in [-0.2, 0) is 0 Å². The maximum atomic E-state index is 8.65. The zero-order valence-electron chi connectivity index (χ0n) is 6.29. The fourth-order valence-corrected chi connectivity index (χ4v) is 0.243. The van der Waals surface area contributed by atoms with Gasteiger partial charge >= 0.3 is 0 Å². The van der Waals surface area contributed by atoms with Gasteiger partial charge in [0, 0.05) is 14.1 Å². The molecule has 11 heavy (non-hydrogen) atoms. The zero-order chi connectivity index (χ0) is 8.69. The molecular weight excluding hydrogens is 154 g/mol. The number of hydrogen-bond donors (Lipinski definition) is 7. The van der Waals surface area contributed by atoms with Crippen molar-refractivity contribution in [3.8, 4) is 0 Å². The monoisotopic (exact) mass is 167 g/mol. The smallest absolute Gasteiger partial charge is 0.0211 e. The Hall–Kier alpha value is -0.360. The van der Waals surface area contributed by atoms with Crippen molar-refractivity contribution in [3.05, 3.63) is 0 Å². The third-order valence-electron chi connectivity index (χ3n) is 0.747. The number of nitrogens with one attached hydrogen (secondary N) is 5. The molecule has 0 aliphatic heterocycles. The van der Waals surface area contributed by atoms with E-state index < -0.39 is 0 Å². The normalized spacial score (nSPS) is 11.5. The molecule has 0 saturated carbocycles. The van der Waals surface area contributed by atoms with Crippen molar-refractivity contribution in [2.75, 3.05) is 14.1 Å². The summed E-state index contributed by atoms with van der Waals surface area (Å²) in [5.74, 6) is 0. The number of nitrogens with zero attached hydrogens (tertiary/aromatic N) is 2. The molecule has 0 fully saturated rings. The summed E-state index contributed by atoms with van der Waals surface area (Å²) >= 11 is 0. The summed E-state index contributed by atoms with van der Waals surface area (Å²) in [7, 11) is 3.00. The highest BCUT2D eigenvalue weighted by Gasteiger charge is 1.93. The van der Waals surface area contributed by atoms with Crippen LogP contribution in [0.5, 0.6) is 0 Å². The predicted molar refractivity (Wildman–Crippen MR) is 34.8 cm³/mol. The van der Waals surface area contributed by atoms with E-state index in [0.717, 1.165) is 5.12 Å². The molecule has 0 rings (SSSR count). The van der Waals surface area contributed by atoms with Gasteiger partial charge in [-0.3, -0.25) is 5.21 Å². The quantitative estimate of drug-likeness (QED) is 0.209. The summed E-state index contributed by atoms with van der Waals surface area (Å²) in [4.78, 5) is 0. The van der Waals surface area contributed by atoms with Crippen LogP contribution in [0.1, 0.15) is 0 Å². The Morgan fingerprint density at radius 1 is 1.27 bits per heavy atom. The Morgan fingerprint density at radius 3 is 2.36 bits per heavy atom. The summed E-state index contributed by atoms with van der Waals surface area (Å²) in [5.41, 5.74) is 11.0. The fraction of sp³-hybridized carbons (Fsp3) is 1.00. The Labute approximate surface area is 63.7 Å². The molecule has 0 aromatic heterocycles. The third-order valence-corrected chi connectivity index (χ3v) is 0.747. The largest absolute Gasteiger partial charge is 0.301 e. The van der Waals surface area contributed by atoms with E-state index in [9.17, 15) is 0 Å². The maximum Gasteiger partial charge on any atom is 0.0211 e. The van der Waals surface area contributed by atoms with Crippen molar-refractivity contribution >= 4 is 0 Å². The van der Waals surface area contributed by atoms with Crippen molar-refractivity contribution in [3.63, 3.8) is 0 Å². The van der Waals surface area contributed by atoms with Crippen molar-refractivity contribution in [1.29, 1.82) is 0 Å². The molecule has 0 atom stereocenters. The standard InChI is InChI=1S/C2H13N7O2/c1-3-9(11)6-4-5-8(2)7-10/h3-7,10-11H,1-2H3. The molecule has 68 valence electrons. The first-order chi connectivity index (χ1) is 5.20. The molecule has 0 saturated heterocycles. The average Bonchev–Trinajstić information content (AvgIpc) is 2.04. The second kappa shape index (κ2) is 6.36. The van der Waals surface area contributed by atoms with Crippen molar-refractivity contribution in [2.24, 2.45) is 0 Å². The van der Waals surface area contributed by atoms with E-state index >= 15 is 0 Å². The molecule has 0 aromatic rings. The molecule has 9 heteroatoms. The van der Waals surface area contributed by atoms with Gasteiger partial charge in [0.05, 0.1) is 0 Å². The van der Waals surface area contributed by atoms with Crippen LogP contribution in [0.25, 0.3) is 0 Å². The van der Waals surface area contributed by atoms with E-state index in [0.29, 0.717) is 5.28 Å². The molecule has 0 amide bonds. The average molecular weight is 167 g/mol. The van der Waals surface area contributed by atoms with E-state index in [4.69, 9.17) is 10.4 Å². The first-order valence-electron chi connectivity index (χ1n) is 2.77. The number of rotatable bonds is 6. The van der Waals surface area contributed by atoms with Crippen LogP contribution in [-0.4, -0.2) is 34.9 Å². The van der Waals surface area contributed by atoms with Gasteiger partial charge in [-0.15, -0.1) is 16.2 Å². The Morgan fingerprint density at radius 2 is 1.91 bits per heavy atom. The minimum absolute atomic E-state index is 0.568. The highest BCUT2D eigenvalue weighted by atomic mass is 16.6. The molecule has 0 aliphatic carbocycles. The van der Waals surface area contributed by atoms with Gasteiger partial charge in [-0.25, -0.2) is 5.43 Å². The molecule has 0 radical (unpaired) electrons. The van der Waals surface area contributed by atoms with Crippen molar-refractivity contribution in [2.45, 2.75) is 0 Å². The van der Waals surface area contributed by atoms with Gasteiger partial charge in [0.15, 0.2) is 0 Å². The second-order valence-corrected chi connectivity index (χ2v) is 1.54. The summed E-state index contributed by atoms with van der Waals surface area (Å²) in [6.07, 6.45) is 0. The maximum absolute atomic E-state index is 8.65. The lowest BCUT2D eigenvalue weighted by atomic mass is 11.4. The molecular formula is C2H13N7O2. The summed E-state index contributed by atoms with van der Waals surface area (Å²) in [6, 6.07) is 0. The molecule has 0 spiro atoms. The van der Waals surface area contributed by atoms with Gasteiger partial charge in [-0.2, -0.15) is 11.1 Å². The zero-order valence-corrected chi connectivity index (χ0v) is 6.29. The van der Waals surface area contributed by atoms with E-state index in [-0.39, 0.29) is 0 Å². The fourth-order valence-electron chi connectivity index (χ4n) is 0.243. The molecule has 0 unspecified atom stereocenters. The van der Waals surface area contributed by atoms with Crippen LogP contribution >= 0.6 is 0 Å². The molecule has 9 nitrogen and oxygen atoms in total. The minimum Gasteiger partial charge on any atom is -0.301 e. The molecule has 0 bridgehead atoms. The van der Waals surface area contributed by atoms with Crippen LogP contribution in [0.4, 0.5) is 0 Å². The van der Waals surface area contributed by atoms with Gasteiger partial charge in [-0.05, 0) is 5.28 Å². The van der Waals surface area contributed by atoms with E-state index in [1.165, 1.54) is 14.1 Å². The van der Waals surface area contributed by atoms with Crippen LogP contribution in [0.2, 0.25) is 0 Å². The van der Waals surface area contributed by atoms with Crippen LogP contribution < -0.4 is 27.6 Å². The summed E-state index contributed by atoms with van der Waals surface area (Å²) in [6.45, 7) is 0. The molecule has 0 heterocycles. The van der Waals surface area contributed by atoms with E-state index in [1.54, 1.807) is 5.59 Å². The van der Waals surface area contributed by atoms with Crippen LogP contribution in [0.15, 0.2) is 0 Å². The van der Waals surface area contributed by atoms with E-state index in [2.05, 4.69) is 22.0 Å². The van der Waals surface area contributed by atoms with Gasteiger partial charge in [0.2, 0.25) is 0 Å². The lowest BCUT2D eigenvalue weighted by Gasteiger charge is -2.19. The lowest BCUT2D eigenvalue weighted by Crippen LogP contribution is -2.61.